The van der Waals surface area contributed by atoms with Gasteiger partial charge in [0.25, 0.3) is 0 Å². The Morgan fingerprint density at radius 2 is 2.10 bits per heavy atom. The summed E-state index contributed by atoms with van der Waals surface area (Å²) in [5.74, 6) is -0.337. The third-order valence-corrected chi connectivity index (χ3v) is 2.93. The Morgan fingerprint density at radius 3 is 2.75 bits per heavy atom. The zero-order valence-electron chi connectivity index (χ0n) is 12.6. The van der Waals surface area contributed by atoms with Gasteiger partial charge >= 0.3 is 5.97 Å². The summed E-state index contributed by atoms with van der Waals surface area (Å²) in [4.78, 5) is 14.0. The molecule has 0 radical (unpaired) electrons. The van der Waals surface area contributed by atoms with Gasteiger partial charge in [0.15, 0.2) is 0 Å². The summed E-state index contributed by atoms with van der Waals surface area (Å²) in [6, 6.07) is 5.28. The second-order valence-electron chi connectivity index (χ2n) is 4.93. The second kappa shape index (κ2) is 8.43. The van der Waals surface area contributed by atoms with Gasteiger partial charge in [-0.1, -0.05) is 6.07 Å². The van der Waals surface area contributed by atoms with Crippen molar-refractivity contribution in [3.63, 3.8) is 0 Å². The number of anilines is 2. The normalized spacial score (nSPS) is 10.6. The van der Waals surface area contributed by atoms with E-state index in [2.05, 4.69) is 24.3 Å². The molecule has 20 heavy (non-hydrogen) atoms. The molecule has 0 heterocycles. The number of carbonyl (C=O) groups is 1. The van der Waals surface area contributed by atoms with Crippen LogP contribution in [0.2, 0.25) is 0 Å². The Kier molecular flexibility index (Phi) is 6.87. The maximum Gasteiger partial charge on any atom is 0.340 e. The van der Waals surface area contributed by atoms with Crippen LogP contribution in [0.4, 0.5) is 11.4 Å². The average molecular weight is 279 g/mol. The summed E-state index contributed by atoms with van der Waals surface area (Å²) in [7, 11) is 4.11. The third-order valence-electron chi connectivity index (χ3n) is 2.93. The highest BCUT2D eigenvalue weighted by Gasteiger charge is 2.14. The van der Waals surface area contributed by atoms with Gasteiger partial charge in [-0.15, -0.1) is 0 Å². The Hall–Kier alpha value is -1.75. The predicted molar refractivity (Wildman–Crippen MR) is 83.1 cm³/mol. The van der Waals surface area contributed by atoms with Gasteiger partial charge in [0, 0.05) is 6.54 Å². The van der Waals surface area contributed by atoms with E-state index < -0.39 is 0 Å². The van der Waals surface area contributed by atoms with Crippen molar-refractivity contribution in [2.24, 2.45) is 0 Å². The number of rotatable bonds is 8. The van der Waals surface area contributed by atoms with Crippen LogP contribution in [0.5, 0.6) is 0 Å². The Bertz CT molecular complexity index is 433. The zero-order chi connectivity index (χ0) is 15.0. The summed E-state index contributed by atoms with van der Waals surface area (Å²) in [5, 5.41) is 3.25. The molecule has 0 bridgehead atoms. The van der Waals surface area contributed by atoms with E-state index in [0.717, 1.165) is 25.9 Å². The van der Waals surface area contributed by atoms with Crippen molar-refractivity contribution >= 4 is 17.3 Å². The van der Waals surface area contributed by atoms with Crippen LogP contribution < -0.4 is 11.1 Å². The Balaban J connectivity index is 2.61. The molecule has 0 fully saturated rings. The topological polar surface area (TPSA) is 67.6 Å². The lowest BCUT2D eigenvalue weighted by Gasteiger charge is -2.14. The number of ether oxygens (including phenoxy) is 1. The van der Waals surface area contributed by atoms with E-state index in [1.54, 1.807) is 25.1 Å². The molecule has 1 aromatic rings. The number of esters is 1. The highest BCUT2D eigenvalue weighted by molar-refractivity contribution is 5.98. The molecule has 0 aromatic heterocycles. The molecule has 0 aliphatic carbocycles. The number of unbranched alkanes of at least 4 members (excludes halogenated alkanes) is 1. The van der Waals surface area contributed by atoms with Gasteiger partial charge in [0.1, 0.15) is 0 Å². The first-order chi connectivity index (χ1) is 9.56. The molecular weight excluding hydrogens is 254 g/mol. The smallest absolute Gasteiger partial charge is 0.340 e. The molecule has 0 aliphatic rings. The number of benzene rings is 1. The number of carbonyl (C=O) groups excluding carboxylic acids is 1. The van der Waals surface area contributed by atoms with Crippen LogP contribution in [0.3, 0.4) is 0 Å². The largest absolute Gasteiger partial charge is 0.462 e. The molecule has 0 aliphatic heterocycles. The summed E-state index contributed by atoms with van der Waals surface area (Å²) in [6.45, 7) is 3.99. The second-order valence-corrected chi connectivity index (χ2v) is 4.93. The quantitative estimate of drug-likeness (QED) is 0.434. The Morgan fingerprint density at radius 1 is 1.35 bits per heavy atom. The van der Waals surface area contributed by atoms with Crippen LogP contribution in [-0.2, 0) is 4.74 Å². The van der Waals surface area contributed by atoms with Crippen molar-refractivity contribution in [3.8, 4) is 0 Å². The third kappa shape index (κ3) is 5.09. The number of hydrogen-bond donors (Lipinski definition) is 2. The zero-order valence-corrected chi connectivity index (χ0v) is 12.6. The maximum absolute atomic E-state index is 11.9. The fourth-order valence-corrected chi connectivity index (χ4v) is 1.91. The lowest BCUT2D eigenvalue weighted by Crippen LogP contribution is -2.15. The molecule has 0 spiro atoms. The highest BCUT2D eigenvalue weighted by Crippen LogP contribution is 2.24. The van der Waals surface area contributed by atoms with Crippen molar-refractivity contribution in [3.05, 3.63) is 23.8 Å². The fourth-order valence-electron chi connectivity index (χ4n) is 1.91. The van der Waals surface area contributed by atoms with E-state index in [9.17, 15) is 4.79 Å². The predicted octanol–water partition coefficient (Wildman–Crippen LogP) is 2.20. The number of hydrogen-bond acceptors (Lipinski definition) is 5. The molecule has 5 heteroatoms. The number of nitrogens with two attached hydrogens (primary N) is 1. The summed E-state index contributed by atoms with van der Waals surface area (Å²) in [6.07, 6.45) is 2.12. The SMILES string of the molecule is CCOC(=O)c1cccc(N)c1NCCCCN(C)C. The van der Waals surface area contributed by atoms with Crippen molar-refractivity contribution in [2.45, 2.75) is 19.8 Å². The molecule has 5 nitrogen and oxygen atoms in total. The van der Waals surface area contributed by atoms with E-state index in [0.29, 0.717) is 23.5 Å². The molecule has 0 saturated heterocycles. The van der Waals surface area contributed by atoms with Gasteiger partial charge in [-0.3, -0.25) is 0 Å². The van der Waals surface area contributed by atoms with Crippen LogP contribution in [0, 0.1) is 0 Å². The molecule has 0 saturated carbocycles. The highest BCUT2D eigenvalue weighted by atomic mass is 16.5. The number of nitrogens with zero attached hydrogens (tertiary/aromatic N) is 1. The van der Waals surface area contributed by atoms with Crippen LogP contribution in [0.25, 0.3) is 0 Å². The van der Waals surface area contributed by atoms with Gasteiger partial charge < -0.3 is 20.7 Å². The molecule has 112 valence electrons. The van der Waals surface area contributed by atoms with Crippen molar-refractivity contribution in [1.82, 2.24) is 4.90 Å². The molecule has 0 atom stereocenters. The minimum Gasteiger partial charge on any atom is -0.462 e. The molecular formula is C15H25N3O2. The first kappa shape index (κ1) is 16.3. The first-order valence-electron chi connectivity index (χ1n) is 7.00. The summed E-state index contributed by atoms with van der Waals surface area (Å²) in [5.41, 5.74) is 7.69. The average Bonchev–Trinajstić information content (AvgIpc) is 2.39. The molecule has 0 unspecified atom stereocenters. The maximum atomic E-state index is 11.9. The lowest BCUT2D eigenvalue weighted by atomic mass is 10.1. The number of nitrogen functional groups attached to an aromatic ring is 1. The fraction of sp³-hybridized carbons (Fsp3) is 0.533. The van der Waals surface area contributed by atoms with E-state index in [4.69, 9.17) is 10.5 Å². The van der Waals surface area contributed by atoms with Gasteiger partial charge in [-0.05, 0) is 52.5 Å². The van der Waals surface area contributed by atoms with Gasteiger partial charge in [-0.2, -0.15) is 0 Å². The van der Waals surface area contributed by atoms with E-state index in [1.165, 1.54) is 0 Å². The van der Waals surface area contributed by atoms with Gasteiger partial charge in [-0.25, -0.2) is 4.79 Å². The van der Waals surface area contributed by atoms with E-state index >= 15 is 0 Å². The Labute approximate surface area is 121 Å². The summed E-state index contributed by atoms with van der Waals surface area (Å²) < 4.78 is 5.04. The van der Waals surface area contributed by atoms with Gasteiger partial charge in [0.05, 0.1) is 23.5 Å². The van der Waals surface area contributed by atoms with Crippen molar-refractivity contribution < 1.29 is 9.53 Å². The van der Waals surface area contributed by atoms with Crippen molar-refractivity contribution in [2.75, 3.05) is 44.8 Å². The molecule has 3 N–H and O–H groups in total. The van der Waals surface area contributed by atoms with Crippen LogP contribution >= 0.6 is 0 Å². The van der Waals surface area contributed by atoms with E-state index in [-0.39, 0.29) is 5.97 Å². The molecule has 0 amide bonds. The minimum absolute atomic E-state index is 0.337. The van der Waals surface area contributed by atoms with Crippen LogP contribution in [0.15, 0.2) is 18.2 Å². The molecule has 1 rings (SSSR count). The number of para-hydroxylation sites is 1. The lowest BCUT2D eigenvalue weighted by molar-refractivity contribution is 0.0527. The first-order valence-corrected chi connectivity index (χ1v) is 7.00. The monoisotopic (exact) mass is 279 g/mol. The van der Waals surface area contributed by atoms with Crippen LogP contribution in [0.1, 0.15) is 30.1 Å². The van der Waals surface area contributed by atoms with Crippen molar-refractivity contribution in [1.29, 1.82) is 0 Å². The summed E-state index contributed by atoms with van der Waals surface area (Å²) >= 11 is 0. The standard InChI is InChI=1S/C15H25N3O2/c1-4-20-15(19)12-8-7-9-13(16)14(12)17-10-5-6-11-18(2)3/h7-9,17H,4-6,10-11,16H2,1-3H3. The minimum atomic E-state index is -0.337. The van der Waals surface area contributed by atoms with Gasteiger partial charge in [0.2, 0.25) is 0 Å². The number of nitrogens with one attached hydrogen (secondary N) is 1. The van der Waals surface area contributed by atoms with Crippen LogP contribution in [-0.4, -0.2) is 44.7 Å². The van der Waals surface area contributed by atoms with E-state index in [1.807, 2.05) is 0 Å². The molecule has 1 aromatic carbocycles.